The van der Waals surface area contributed by atoms with Crippen molar-refractivity contribution in [2.24, 2.45) is 5.92 Å². The van der Waals surface area contributed by atoms with Crippen LogP contribution >= 0.6 is 0 Å². The molecule has 3 nitrogen and oxygen atoms in total. The fourth-order valence-corrected chi connectivity index (χ4v) is 1.91. The van der Waals surface area contributed by atoms with Gasteiger partial charge in [0.25, 0.3) is 0 Å². The minimum absolute atomic E-state index is 0.0845. The molecule has 3 heteroatoms. The van der Waals surface area contributed by atoms with E-state index in [4.69, 9.17) is 5.11 Å². The molecule has 0 spiro atoms. The summed E-state index contributed by atoms with van der Waals surface area (Å²) < 4.78 is 0. The first-order valence-corrected chi connectivity index (χ1v) is 4.68. The van der Waals surface area contributed by atoms with Crippen molar-refractivity contribution < 1.29 is 10.2 Å². The second-order valence-electron chi connectivity index (χ2n) is 4.00. The highest BCUT2D eigenvalue weighted by Gasteiger charge is 2.32. The van der Waals surface area contributed by atoms with Crippen molar-refractivity contribution in [3.63, 3.8) is 0 Å². The van der Waals surface area contributed by atoms with Crippen LogP contribution in [0.15, 0.2) is 0 Å². The molecule has 0 saturated heterocycles. The fraction of sp³-hybridized carbons (Fsp3) is 1.00. The molecule has 0 amide bonds. The summed E-state index contributed by atoms with van der Waals surface area (Å²) in [6.45, 7) is 4.30. The highest BCUT2D eigenvalue weighted by atomic mass is 16.3. The van der Waals surface area contributed by atoms with Crippen LogP contribution in [0.25, 0.3) is 0 Å². The summed E-state index contributed by atoms with van der Waals surface area (Å²) in [5.74, 6) is 0.0845. The average molecular weight is 173 g/mol. The molecule has 72 valence electrons. The first-order chi connectivity index (χ1) is 5.63. The van der Waals surface area contributed by atoms with Gasteiger partial charge in [0.2, 0.25) is 0 Å². The normalized spacial score (nSPS) is 36.2. The lowest BCUT2D eigenvalue weighted by Gasteiger charge is -2.15. The molecule has 1 fully saturated rings. The van der Waals surface area contributed by atoms with Crippen molar-refractivity contribution in [2.75, 3.05) is 6.61 Å². The summed E-state index contributed by atoms with van der Waals surface area (Å²) in [6.07, 6.45) is 1.37. The second kappa shape index (κ2) is 4.21. The molecule has 12 heavy (non-hydrogen) atoms. The lowest BCUT2D eigenvalue weighted by atomic mass is 10.1. The maximum atomic E-state index is 9.47. The minimum atomic E-state index is -0.314. The predicted molar refractivity (Wildman–Crippen MR) is 47.9 cm³/mol. The van der Waals surface area contributed by atoms with Gasteiger partial charge in [-0.1, -0.05) is 13.8 Å². The zero-order chi connectivity index (χ0) is 9.14. The zero-order valence-corrected chi connectivity index (χ0v) is 7.83. The molecule has 3 atom stereocenters. The third-order valence-electron chi connectivity index (χ3n) is 2.46. The number of hydrogen-bond donors (Lipinski definition) is 3. The smallest absolute Gasteiger partial charge is 0.0605 e. The van der Waals surface area contributed by atoms with E-state index in [-0.39, 0.29) is 18.6 Å². The fourth-order valence-electron chi connectivity index (χ4n) is 1.91. The Hall–Kier alpha value is -0.120. The lowest BCUT2D eigenvalue weighted by molar-refractivity contribution is 0.0907. The highest BCUT2D eigenvalue weighted by Crippen LogP contribution is 2.25. The van der Waals surface area contributed by atoms with E-state index in [1.165, 1.54) is 0 Å². The molecule has 0 aliphatic heterocycles. The summed E-state index contributed by atoms with van der Waals surface area (Å²) in [5, 5.41) is 21.7. The maximum absolute atomic E-state index is 9.47. The van der Waals surface area contributed by atoms with Gasteiger partial charge in [-0.15, -0.1) is 0 Å². The van der Waals surface area contributed by atoms with Gasteiger partial charge in [0.15, 0.2) is 0 Å². The van der Waals surface area contributed by atoms with Crippen LogP contribution in [0, 0.1) is 5.92 Å². The first-order valence-electron chi connectivity index (χ1n) is 4.68. The quantitative estimate of drug-likeness (QED) is 0.568. The van der Waals surface area contributed by atoms with Gasteiger partial charge in [0, 0.05) is 24.6 Å². The van der Waals surface area contributed by atoms with Gasteiger partial charge in [0.1, 0.15) is 0 Å². The van der Waals surface area contributed by atoms with Gasteiger partial charge in [-0.25, -0.2) is 0 Å². The molecular formula is C9H19NO2. The van der Waals surface area contributed by atoms with Crippen LogP contribution in [-0.4, -0.2) is 35.0 Å². The molecule has 3 N–H and O–H groups in total. The van der Waals surface area contributed by atoms with E-state index in [0.717, 1.165) is 12.8 Å². The predicted octanol–water partition coefficient (Wildman–Crippen LogP) is 0.116. The van der Waals surface area contributed by atoms with Gasteiger partial charge in [-0.2, -0.15) is 0 Å². The van der Waals surface area contributed by atoms with Gasteiger partial charge in [0.05, 0.1) is 6.10 Å². The Balaban J connectivity index is 2.33. The Kier molecular flexibility index (Phi) is 3.50. The first kappa shape index (κ1) is 9.96. The molecule has 1 aliphatic carbocycles. The molecule has 1 rings (SSSR count). The Morgan fingerprint density at radius 2 is 2.08 bits per heavy atom. The molecule has 0 aromatic heterocycles. The van der Waals surface area contributed by atoms with Gasteiger partial charge in [-0.05, 0) is 12.8 Å². The lowest BCUT2D eigenvalue weighted by Crippen LogP contribution is -2.33. The van der Waals surface area contributed by atoms with E-state index in [1.54, 1.807) is 0 Å². The SMILES string of the molecule is CC(C)N[C@H]1C[C@H](CO)[C@H](O)C1. The van der Waals surface area contributed by atoms with Crippen molar-refractivity contribution in [2.45, 2.75) is 44.9 Å². The summed E-state index contributed by atoms with van der Waals surface area (Å²) >= 11 is 0. The zero-order valence-electron chi connectivity index (χ0n) is 7.83. The summed E-state index contributed by atoms with van der Waals surface area (Å²) in [6, 6.07) is 0.844. The molecule has 0 unspecified atom stereocenters. The van der Waals surface area contributed by atoms with Gasteiger partial charge >= 0.3 is 0 Å². The van der Waals surface area contributed by atoms with E-state index >= 15 is 0 Å². The third kappa shape index (κ3) is 2.44. The highest BCUT2D eigenvalue weighted by molar-refractivity contribution is 4.87. The van der Waals surface area contributed by atoms with E-state index in [2.05, 4.69) is 19.2 Å². The topological polar surface area (TPSA) is 52.5 Å². The number of hydrogen-bond acceptors (Lipinski definition) is 3. The molecular weight excluding hydrogens is 154 g/mol. The van der Waals surface area contributed by atoms with Crippen LogP contribution in [0.4, 0.5) is 0 Å². The Labute approximate surface area is 73.8 Å². The van der Waals surface area contributed by atoms with E-state index < -0.39 is 0 Å². The van der Waals surface area contributed by atoms with Crippen molar-refractivity contribution in [3.8, 4) is 0 Å². The summed E-state index contributed by atoms with van der Waals surface area (Å²) in [5.41, 5.74) is 0. The Morgan fingerprint density at radius 1 is 1.42 bits per heavy atom. The van der Waals surface area contributed by atoms with Gasteiger partial charge < -0.3 is 15.5 Å². The largest absolute Gasteiger partial charge is 0.396 e. The van der Waals surface area contributed by atoms with Crippen LogP contribution in [0.1, 0.15) is 26.7 Å². The van der Waals surface area contributed by atoms with Crippen molar-refractivity contribution in [1.82, 2.24) is 5.32 Å². The molecule has 0 heterocycles. The van der Waals surface area contributed by atoms with E-state index in [9.17, 15) is 5.11 Å². The van der Waals surface area contributed by atoms with Crippen molar-refractivity contribution >= 4 is 0 Å². The molecule has 1 aliphatic rings. The van der Waals surface area contributed by atoms with Crippen molar-refractivity contribution in [3.05, 3.63) is 0 Å². The molecule has 1 saturated carbocycles. The monoisotopic (exact) mass is 173 g/mol. The molecule has 0 bridgehead atoms. The number of nitrogens with one attached hydrogen (secondary N) is 1. The van der Waals surface area contributed by atoms with Crippen LogP contribution < -0.4 is 5.32 Å². The average Bonchev–Trinajstić information content (AvgIpc) is 2.29. The van der Waals surface area contributed by atoms with Gasteiger partial charge in [-0.3, -0.25) is 0 Å². The van der Waals surface area contributed by atoms with Crippen LogP contribution in [0.5, 0.6) is 0 Å². The number of aliphatic hydroxyl groups is 2. The molecule has 0 radical (unpaired) electrons. The Bertz CT molecular complexity index is 138. The van der Waals surface area contributed by atoms with E-state index in [1.807, 2.05) is 0 Å². The van der Waals surface area contributed by atoms with Crippen LogP contribution in [0.3, 0.4) is 0 Å². The standard InChI is InChI=1S/C9H19NO2/c1-6(2)10-8-3-7(5-11)9(12)4-8/h6-12H,3-5H2,1-2H3/t7-,8+,9-/m1/s1. The summed E-state index contributed by atoms with van der Waals surface area (Å²) in [4.78, 5) is 0. The summed E-state index contributed by atoms with van der Waals surface area (Å²) in [7, 11) is 0. The molecule has 0 aromatic rings. The number of aliphatic hydroxyl groups excluding tert-OH is 2. The minimum Gasteiger partial charge on any atom is -0.396 e. The maximum Gasteiger partial charge on any atom is 0.0605 e. The van der Waals surface area contributed by atoms with Crippen LogP contribution in [-0.2, 0) is 0 Å². The van der Waals surface area contributed by atoms with Crippen molar-refractivity contribution in [1.29, 1.82) is 0 Å². The van der Waals surface area contributed by atoms with E-state index in [0.29, 0.717) is 12.1 Å². The molecule has 0 aromatic carbocycles. The van der Waals surface area contributed by atoms with Crippen LogP contribution in [0.2, 0.25) is 0 Å². The Morgan fingerprint density at radius 3 is 2.50 bits per heavy atom. The third-order valence-corrected chi connectivity index (χ3v) is 2.46. The second-order valence-corrected chi connectivity index (χ2v) is 4.00. The number of rotatable bonds is 3.